The highest BCUT2D eigenvalue weighted by Gasteiger charge is 2.30. The highest BCUT2D eigenvalue weighted by Crippen LogP contribution is 2.13. The van der Waals surface area contributed by atoms with Crippen molar-refractivity contribution in [3.05, 3.63) is 0 Å². The third-order valence-electron chi connectivity index (χ3n) is 4.65. The van der Waals surface area contributed by atoms with Crippen molar-refractivity contribution in [1.82, 2.24) is 9.80 Å². The van der Waals surface area contributed by atoms with Gasteiger partial charge in [0.1, 0.15) is 0 Å². The molecule has 2 amide bonds. The van der Waals surface area contributed by atoms with Crippen molar-refractivity contribution < 1.29 is 33.3 Å². The molecule has 0 spiro atoms. The van der Waals surface area contributed by atoms with E-state index in [-0.39, 0.29) is 18.1 Å². The van der Waals surface area contributed by atoms with Crippen LogP contribution in [0.15, 0.2) is 0 Å². The first-order valence-corrected chi connectivity index (χ1v) is 9.56. The second-order valence-corrected chi connectivity index (χ2v) is 6.70. The van der Waals surface area contributed by atoms with Gasteiger partial charge in [0.2, 0.25) is 0 Å². The van der Waals surface area contributed by atoms with Crippen LogP contribution < -0.4 is 0 Å². The molecular formula is C18H30N2O7. The molecule has 2 saturated heterocycles. The van der Waals surface area contributed by atoms with Crippen LogP contribution in [0.3, 0.4) is 0 Å². The number of amides is 2. The third kappa shape index (κ3) is 6.35. The minimum Gasteiger partial charge on any atom is -0.451 e. The summed E-state index contributed by atoms with van der Waals surface area (Å²) in [4.78, 5) is 39.5. The first kappa shape index (κ1) is 21.4. The van der Waals surface area contributed by atoms with Crippen molar-refractivity contribution >= 4 is 18.0 Å². The van der Waals surface area contributed by atoms with E-state index < -0.39 is 18.2 Å². The maximum atomic E-state index is 12.5. The van der Waals surface area contributed by atoms with Crippen LogP contribution in [0.5, 0.6) is 0 Å². The van der Waals surface area contributed by atoms with Crippen LogP contribution in [0, 0.1) is 0 Å². The lowest BCUT2D eigenvalue weighted by Gasteiger charge is -2.35. The summed E-state index contributed by atoms with van der Waals surface area (Å²) >= 11 is 0. The lowest BCUT2D eigenvalue weighted by Crippen LogP contribution is -2.53. The Morgan fingerprint density at radius 3 is 2.33 bits per heavy atom. The summed E-state index contributed by atoms with van der Waals surface area (Å²) in [6, 6.07) is 0. The normalized spacial score (nSPS) is 22.3. The van der Waals surface area contributed by atoms with E-state index in [4.69, 9.17) is 18.9 Å². The summed E-state index contributed by atoms with van der Waals surface area (Å²) in [5.74, 6) is -0.850. The molecule has 3 unspecified atom stereocenters. The Balaban J connectivity index is 1.71. The summed E-state index contributed by atoms with van der Waals surface area (Å²) < 4.78 is 21.2. The van der Waals surface area contributed by atoms with Crippen molar-refractivity contribution in [2.24, 2.45) is 0 Å². The summed E-state index contributed by atoms with van der Waals surface area (Å²) in [5.41, 5.74) is 0. The zero-order valence-corrected chi connectivity index (χ0v) is 16.3. The Kier molecular flexibility index (Phi) is 8.30. The minimum absolute atomic E-state index is 0.0231. The van der Waals surface area contributed by atoms with E-state index in [1.54, 1.807) is 30.6 Å². The predicted molar refractivity (Wildman–Crippen MR) is 95.1 cm³/mol. The van der Waals surface area contributed by atoms with Crippen molar-refractivity contribution in [1.29, 1.82) is 0 Å². The highest BCUT2D eigenvalue weighted by atomic mass is 16.6. The Labute approximate surface area is 159 Å². The molecule has 154 valence electrons. The first-order valence-electron chi connectivity index (χ1n) is 9.56. The number of hydrogen-bond donors (Lipinski definition) is 0. The van der Waals surface area contributed by atoms with Gasteiger partial charge < -0.3 is 28.7 Å². The smallest absolute Gasteiger partial charge is 0.409 e. The second kappa shape index (κ2) is 10.5. The van der Waals surface area contributed by atoms with Gasteiger partial charge in [-0.1, -0.05) is 0 Å². The molecule has 2 heterocycles. The summed E-state index contributed by atoms with van der Waals surface area (Å²) in [6.45, 7) is 7.83. The fraction of sp³-hybridized carbons (Fsp3) is 0.833. The zero-order valence-electron chi connectivity index (χ0n) is 16.3. The fourth-order valence-corrected chi connectivity index (χ4v) is 3.00. The molecule has 2 rings (SSSR count). The molecule has 0 aromatic rings. The van der Waals surface area contributed by atoms with Gasteiger partial charge in [0.25, 0.3) is 5.91 Å². The Hall–Kier alpha value is -1.87. The van der Waals surface area contributed by atoms with E-state index >= 15 is 0 Å². The van der Waals surface area contributed by atoms with Crippen LogP contribution in [0.4, 0.5) is 4.79 Å². The van der Waals surface area contributed by atoms with Gasteiger partial charge in [-0.3, -0.25) is 4.79 Å². The molecule has 27 heavy (non-hydrogen) atoms. The van der Waals surface area contributed by atoms with Gasteiger partial charge >= 0.3 is 12.1 Å². The summed E-state index contributed by atoms with van der Waals surface area (Å²) in [7, 11) is 0. The van der Waals surface area contributed by atoms with E-state index in [1.165, 1.54) is 0 Å². The molecule has 3 atom stereocenters. The van der Waals surface area contributed by atoms with E-state index in [1.807, 2.05) is 0 Å². The maximum Gasteiger partial charge on any atom is 0.409 e. The van der Waals surface area contributed by atoms with Crippen molar-refractivity contribution in [3.8, 4) is 0 Å². The van der Waals surface area contributed by atoms with Gasteiger partial charge in [0.05, 0.1) is 19.3 Å². The third-order valence-corrected chi connectivity index (χ3v) is 4.65. The van der Waals surface area contributed by atoms with Crippen LogP contribution in [0.1, 0.15) is 33.6 Å². The maximum absolute atomic E-state index is 12.5. The molecule has 2 fully saturated rings. The number of carbonyl (C=O) groups excluding carboxylic acids is 3. The quantitative estimate of drug-likeness (QED) is 0.597. The number of nitrogens with zero attached hydrogens (tertiary/aromatic N) is 2. The van der Waals surface area contributed by atoms with Crippen molar-refractivity contribution in [3.63, 3.8) is 0 Å². The molecule has 0 radical (unpaired) electrons. The van der Waals surface area contributed by atoms with Crippen molar-refractivity contribution in [2.45, 2.75) is 51.9 Å². The monoisotopic (exact) mass is 386 g/mol. The number of piperazine rings is 1. The Morgan fingerprint density at radius 2 is 1.74 bits per heavy atom. The van der Waals surface area contributed by atoms with Gasteiger partial charge in [0.15, 0.2) is 12.2 Å². The zero-order chi connectivity index (χ0) is 19.8. The molecule has 0 N–H and O–H groups in total. The van der Waals surface area contributed by atoms with E-state index in [0.717, 1.165) is 19.4 Å². The number of ether oxygens (including phenoxy) is 4. The lowest BCUT2D eigenvalue weighted by atomic mass is 10.2. The van der Waals surface area contributed by atoms with Gasteiger partial charge in [0, 0.05) is 32.8 Å². The van der Waals surface area contributed by atoms with E-state index in [0.29, 0.717) is 39.4 Å². The number of carbonyl (C=O) groups is 3. The van der Waals surface area contributed by atoms with Crippen LogP contribution in [0.25, 0.3) is 0 Å². The fourth-order valence-electron chi connectivity index (χ4n) is 3.00. The predicted octanol–water partition coefficient (Wildman–Crippen LogP) is 0.803. The number of esters is 1. The SMILES string of the molecule is CCOC(=O)N1CCN(C(=O)C(C)OC(=O)C(C)OCC2CCCO2)CC1. The highest BCUT2D eigenvalue weighted by molar-refractivity contribution is 5.84. The average molecular weight is 386 g/mol. The largest absolute Gasteiger partial charge is 0.451 e. The van der Waals surface area contributed by atoms with Crippen LogP contribution in [-0.2, 0) is 28.5 Å². The molecule has 0 aromatic heterocycles. The van der Waals surface area contributed by atoms with E-state index in [2.05, 4.69) is 0 Å². The standard InChI is InChI=1S/C18H30N2O7/c1-4-24-18(23)20-9-7-19(8-10-20)16(21)13(2)27-17(22)14(3)26-12-15-6-5-11-25-15/h13-15H,4-12H2,1-3H3. The van der Waals surface area contributed by atoms with Crippen molar-refractivity contribution in [2.75, 3.05) is 46.0 Å². The molecule has 2 aliphatic heterocycles. The molecule has 9 heteroatoms. The van der Waals surface area contributed by atoms with Gasteiger partial charge in [-0.05, 0) is 33.6 Å². The molecule has 0 bridgehead atoms. The van der Waals surface area contributed by atoms with Gasteiger partial charge in [-0.15, -0.1) is 0 Å². The van der Waals surface area contributed by atoms with E-state index in [9.17, 15) is 14.4 Å². The molecule has 0 aromatic carbocycles. The van der Waals surface area contributed by atoms with Gasteiger partial charge in [-0.2, -0.15) is 0 Å². The number of rotatable bonds is 7. The van der Waals surface area contributed by atoms with Crippen LogP contribution >= 0.6 is 0 Å². The molecule has 0 saturated carbocycles. The molecule has 0 aliphatic carbocycles. The molecular weight excluding hydrogens is 356 g/mol. The topological polar surface area (TPSA) is 94.6 Å². The molecule has 2 aliphatic rings. The Bertz CT molecular complexity index is 514. The average Bonchev–Trinajstić information content (AvgIpc) is 3.19. The summed E-state index contributed by atoms with van der Waals surface area (Å²) in [5, 5.41) is 0. The second-order valence-electron chi connectivity index (χ2n) is 6.70. The van der Waals surface area contributed by atoms with Gasteiger partial charge in [-0.25, -0.2) is 9.59 Å². The Morgan fingerprint density at radius 1 is 1.07 bits per heavy atom. The number of hydrogen-bond acceptors (Lipinski definition) is 7. The minimum atomic E-state index is -0.902. The summed E-state index contributed by atoms with van der Waals surface area (Å²) in [6.07, 6.45) is -0.0854. The lowest BCUT2D eigenvalue weighted by molar-refractivity contribution is -0.169. The van der Waals surface area contributed by atoms with Crippen LogP contribution in [-0.4, -0.2) is 92.1 Å². The first-order chi connectivity index (χ1) is 12.9. The molecule has 9 nitrogen and oxygen atoms in total. The van der Waals surface area contributed by atoms with Crippen LogP contribution in [0.2, 0.25) is 0 Å².